The average molecular weight is 386 g/mol. The smallest absolute Gasteiger partial charge is 0.276 e. The molecule has 152 valence electrons. The van der Waals surface area contributed by atoms with Crippen LogP contribution in [0.5, 0.6) is 5.75 Å². The third kappa shape index (κ3) is 4.17. The molecule has 28 heavy (non-hydrogen) atoms. The molecule has 5 rings (SSSR count). The lowest BCUT2D eigenvalue weighted by Crippen LogP contribution is -2.57. The maximum absolute atomic E-state index is 12.5. The zero-order chi connectivity index (χ0) is 19.9. The number of rotatable bonds is 5. The van der Waals surface area contributed by atoms with E-state index in [-0.39, 0.29) is 17.9 Å². The van der Waals surface area contributed by atoms with Crippen molar-refractivity contribution in [2.75, 3.05) is 6.61 Å². The second kappa shape index (κ2) is 7.07. The molecule has 0 aromatic heterocycles. The van der Waals surface area contributed by atoms with Crippen molar-refractivity contribution >= 4 is 11.8 Å². The molecule has 4 saturated carbocycles. The molecule has 0 heterocycles. The molecular formula is C22H30N2O4. The Kier molecular flexibility index (Phi) is 4.86. The van der Waals surface area contributed by atoms with Crippen molar-refractivity contribution in [2.45, 2.75) is 64.4 Å². The summed E-state index contributed by atoms with van der Waals surface area (Å²) in [5.74, 6) is 1.14. The summed E-state index contributed by atoms with van der Waals surface area (Å²) in [5, 5.41) is 10.8. The van der Waals surface area contributed by atoms with Gasteiger partial charge in [0.25, 0.3) is 5.91 Å². The third-order valence-electron chi connectivity index (χ3n) is 6.59. The largest absolute Gasteiger partial charge is 0.484 e. The van der Waals surface area contributed by atoms with Crippen LogP contribution in [0.25, 0.3) is 0 Å². The number of nitrogens with one attached hydrogen (secondary N) is 2. The van der Waals surface area contributed by atoms with Crippen LogP contribution in [-0.4, -0.2) is 29.1 Å². The first kappa shape index (κ1) is 19.2. The van der Waals surface area contributed by atoms with E-state index in [1.54, 1.807) is 0 Å². The lowest BCUT2D eigenvalue weighted by molar-refractivity contribution is -0.169. The van der Waals surface area contributed by atoms with Gasteiger partial charge in [-0.1, -0.05) is 6.07 Å². The van der Waals surface area contributed by atoms with Crippen LogP contribution in [0.15, 0.2) is 18.2 Å². The maximum atomic E-state index is 12.5. The number of amides is 2. The molecule has 4 fully saturated rings. The van der Waals surface area contributed by atoms with Gasteiger partial charge in [0.05, 0.1) is 5.60 Å². The van der Waals surface area contributed by atoms with Crippen LogP contribution in [0.1, 0.15) is 56.1 Å². The van der Waals surface area contributed by atoms with E-state index in [9.17, 15) is 14.7 Å². The highest BCUT2D eigenvalue weighted by atomic mass is 16.5. The Labute approximate surface area is 166 Å². The van der Waals surface area contributed by atoms with E-state index in [1.807, 2.05) is 32.0 Å². The van der Waals surface area contributed by atoms with Gasteiger partial charge in [0.1, 0.15) is 5.75 Å². The summed E-state index contributed by atoms with van der Waals surface area (Å²) in [6, 6.07) is 5.78. The van der Waals surface area contributed by atoms with Gasteiger partial charge in [-0.25, -0.2) is 0 Å². The fourth-order valence-corrected chi connectivity index (χ4v) is 6.33. The molecular weight excluding hydrogens is 356 g/mol. The monoisotopic (exact) mass is 386 g/mol. The Morgan fingerprint density at radius 1 is 1.04 bits per heavy atom. The molecule has 0 spiro atoms. The van der Waals surface area contributed by atoms with Crippen molar-refractivity contribution in [3.63, 3.8) is 0 Å². The van der Waals surface area contributed by atoms with E-state index in [4.69, 9.17) is 4.74 Å². The van der Waals surface area contributed by atoms with E-state index in [2.05, 4.69) is 10.9 Å². The molecule has 4 bridgehead atoms. The van der Waals surface area contributed by atoms with Crippen LogP contribution >= 0.6 is 0 Å². The number of benzene rings is 1. The number of hydrogen-bond donors (Lipinski definition) is 3. The number of aryl methyl sites for hydroxylation is 2. The minimum atomic E-state index is -0.576. The number of carbonyl (C=O) groups is 2. The van der Waals surface area contributed by atoms with Gasteiger partial charge in [-0.3, -0.25) is 20.4 Å². The van der Waals surface area contributed by atoms with Crippen LogP contribution in [0.3, 0.4) is 0 Å². The Hall–Kier alpha value is -2.08. The van der Waals surface area contributed by atoms with E-state index >= 15 is 0 Å². The van der Waals surface area contributed by atoms with E-state index in [0.717, 1.165) is 36.8 Å². The highest BCUT2D eigenvalue weighted by Gasteiger charge is 2.57. The molecule has 2 amide bonds. The minimum Gasteiger partial charge on any atom is -0.484 e. The van der Waals surface area contributed by atoms with Crippen molar-refractivity contribution in [3.05, 3.63) is 29.3 Å². The summed E-state index contributed by atoms with van der Waals surface area (Å²) in [5.41, 5.74) is 6.43. The van der Waals surface area contributed by atoms with E-state index in [0.29, 0.717) is 30.4 Å². The number of aliphatic hydroxyl groups is 1. The quantitative estimate of drug-likeness (QED) is 0.679. The average Bonchev–Trinajstić information content (AvgIpc) is 2.54. The Morgan fingerprint density at radius 3 is 2.25 bits per heavy atom. The number of ether oxygens (including phenoxy) is 1. The van der Waals surface area contributed by atoms with E-state index in [1.165, 1.54) is 6.42 Å². The summed E-state index contributed by atoms with van der Waals surface area (Å²) in [7, 11) is 0. The standard InChI is InChI=1S/C22H30N2O4/c1-14-3-15(2)5-18(4-14)28-12-20(26)24-23-19(25)11-21-7-16-6-17(8-21)10-22(27,9-16)13-21/h3-5,16-17,27H,6-13H2,1-2H3,(H,23,25)(H,24,26)/t16-,17+,21?,22?. The Morgan fingerprint density at radius 2 is 1.64 bits per heavy atom. The van der Waals surface area contributed by atoms with Crippen LogP contribution in [0.4, 0.5) is 0 Å². The van der Waals surface area contributed by atoms with Gasteiger partial charge in [-0.15, -0.1) is 0 Å². The van der Waals surface area contributed by atoms with Gasteiger partial charge in [-0.05, 0) is 92.9 Å². The minimum absolute atomic E-state index is 0.108. The summed E-state index contributed by atoms with van der Waals surface area (Å²) >= 11 is 0. The topological polar surface area (TPSA) is 87.7 Å². The second-order valence-corrected chi connectivity index (χ2v) is 9.57. The molecule has 0 radical (unpaired) electrons. The van der Waals surface area contributed by atoms with Gasteiger partial charge < -0.3 is 9.84 Å². The fraction of sp³-hybridized carbons (Fsp3) is 0.636. The lowest BCUT2D eigenvalue weighted by atomic mass is 9.47. The van der Waals surface area contributed by atoms with Gasteiger partial charge in [0, 0.05) is 6.42 Å². The van der Waals surface area contributed by atoms with Gasteiger partial charge in [-0.2, -0.15) is 0 Å². The van der Waals surface area contributed by atoms with Crippen LogP contribution in [-0.2, 0) is 9.59 Å². The Bertz CT molecular complexity index is 756. The van der Waals surface area contributed by atoms with Crippen molar-refractivity contribution < 1.29 is 19.4 Å². The predicted molar refractivity (Wildman–Crippen MR) is 104 cm³/mol. The first-order chi connectivity index (χ1) is 13.2. The van der Waals surface area contributed by atoms with Gasteiger partial charge in [0.2, 0.25) is 5.91 Å². The predicted octanol–water partition coefficient (Wildman–Crippen LogP) is 2.55. The maximum Gasteiger partial charge on any atom is 0.276 e. The van der Waals surface area contributed by atoms with Crippen LogP contribution < -0.4 is 15.6 Å². The molecule has 0 aliphatic heterocycles. The number of carbonyl (C=O) groups excluding carboxylic acids is 2. The third-order valence-corrected chi connectivity index (χ3v) is 6.59. The first-order valence-corrected chi connectivity index (χ1v) is 10.2. The van der Waals surface area contributed by atoms with Crippen LogP contribution in [0, 0.1) is 31.1 Å². The zero-order valence-corrected chi connectivity index (χ0v) is 16.7. The fourth-order valence-electron chi connectivity index (χ4n) is 6.33. The second-order valence-electron chi connectivity index (χ2n) is 9.57. The molecule has 6 heteroatoms. The van der Waals surface area contributed by atoms with Crippen molar-refractivity contribution in [1.82, 2.24) is 10.9 Å². The van der Waals surface area contributed by atoms with Gasteiger partial charge >= 0.3 is 0 Å². The molecule has 6 nitrogen and oxygen atoms in total. The summed E-state index contributed by atoms with van der Waals surface area (Å²) in [6.45, 7) is 3.79. The number of hydrazine groups is 1. The molecule has 4 atom stereocenters. The number of hydrogen-bond acceptors (Lipinski definition) is 4. The SMILES string of the molecule is Cc1cc(C)cc(OCC(=O)NNC(=O)CC23C[C@@H]4C[C@@H](CC(O)(C4)C2)C3)c1. The highest BCUT2D eigenvalue weighted by Crippen LogP contribution is 2.62. The first-order valence-electron chi connectivity index (χ1n) is 10.2. The zero-order valence-electron chi connectivity index (χ0n) is 16.7. The summed E-state index contributed by atoms with van der Waals surface area (Å²) < 4.78 is 5.51. The molecule has 1 aromatic rings. The summed E-state index contributed by atoms with van der Waals surface area (Å²) in [6.07, 6.45) is 6.08. The summed E-state index contributed by atoms with van der Waals surface area (Å²) in [4.78, 5) is 24.5. The van der Waals surface area contributed by atoms with Crippen molar-refractivity contribution in [2.24, 2.45) is 17.3 Å². The lowest BCUT2D eigenvalue weighted by Gasteiger charge is -2.60. The molecule has 3 N–H and O–H groups in total. The highest BCUT2D eigenvalue weighted by molar-refractivity contribution is 5.83. The van der Waals surface area contributed by atoms with E-state index < -0.39 is 11.5 Å². The normalized spacial score (nSPS) is 32.8. The Balaban J connectivity index is 1.25. The molecule has 4 aliphatic rings. The van der Waals surface area contributed by atoms with Gasteiger partial charge in [0.15, 0.2) is 6.61 Å². The molecule has 0 saturated heterocycles. The van der Waals surface area contributed by atoms with Crippen molar-refractivity contribution in [1.29, 1.82) is 0 Å². The molecule has 2 unspecified atom stereocenters. The molecule has 1 aromatic carbocycles. The van der Waals surface area contributed by atoms with Crippen molar-refractivity contribution in [3.8, 4) is 5.75 Å². The molecule has 4 aliphatic carbocycles. The van der Waals surface area contributed by atoms with Crippen LogP contribution in [0.2, 0.25) is 0 Å².